The molecule has 2 rings (SSSR count). The van der Waals surface area contributed by atoms with E-state index in [-0.39, 0.29) is 0 Å². The second-order valence-electron chi connectivity index (χ2n) is 4.28. The van der Waals surface area contributed by atoms with E-state index < -0.39 is 0 Å². The Bertz CT molecular complexity index is 586. The number of hydrogen-bond donors (Lipinski definition) is 1. The lowest BCUT2D eigenvalue weighted by atomic mass is 10.1. The highest BCUT2D eigenvalue weighted by molar-refractivity contribution is 9.10. The molecule has 0 saturated carbocycles. The van der Waals surface area contributed by atoms with Crippen LogP contribution in [0.5, 0.6) is 5.75 Å². The molecule has 0 aliphatic heterocycles. The molecule has 0 aliphatic carbocycles. The molecule has 0 fully saturated rings. The summed E-state index contributed by atoms with van der Waals surface area (Å²) in [5.74, 6) is 0.839. The first kappa shape index (κ1) is 14.2. The number of nitrogens with one attached hydrogen (secondary N) is 1. The summed E-state index contributed by atoms with van der Waals surface area (Å²) in [6.07, 6.45) is 0. The Morgan fingerprint density at radius 2 is 2.00 bits per heavy atom. The van der Waals surface area contributed by atoms with Gasteiger partial charge in [-0.05, 0) is 64.3 Å². The molecule has 0 saturated heterocycles. The maximum absolute atomic E-state index is 5.94. The maximum Gasteiger partial charge on any atom is 0.133 e. The molecule has 0 spiro atoms. The largest absolute Gasteiger partial charge is 0.496 e. The number of aryl methyl sites for hydroxylation is 1. The molecule has 1 N–H and O–H groups in total. The smallest absolute Gasteiger partial charge is 0.133 e. The first-order valence-electron chi connectivity index (χ1n) is 5.92. The number of methoxy groups -OCH3 is 1. The van der Waals surface area contributed by atoms with Gasteiger partial charge in [0.2, 0.25) is 0 Å². The molecule has 0 unspecified atom stereocenters. The van der Waals surface area contributed by atoms with Crippen LogP contribution in [0, 0.1) is 6.92 Å². The fourth-order valence-corrected chi connectivity index (χ4v) is 2.66. The second-order valence-corrected chi connectivity index (χ2v) is 5.57. The van der Waals surface area contributed by atoms with Crippen molar-refractivity contribution in [3.63, 3.8) is 0 Å². The van der Waals surface area contributed by atoms with Crippen molar-refractivity contribution in [1.82, 2.24) is 0 Å². The van der Waals surface area contributed by atoms with Gasteiger partial charge in [-0.1, -0.05) is 17.7 Å². The Labute approximate surface area is 126 Å². The van der Waals surface area contributed by atoms with E-state index in [4.69, 9.17) is 16.3 Å². The lowest BCUT2D eigenvalue weighted by molar-refractivity contribution is 0.412. The van der Waals surface area contributed by atoms with Crippen LogP contribution in [0.15, 0.2) is 40.9 Å². The van der Waals surface area contributed by atoms with Crippen molar-refractivity contribution in [2.45, 2.75) is 13.5 Å². The summed E-state index contributed by atoms with van der Waals surface area (Å²) >= 11 is 9.43. The fourth-order valence-electron chi connectivity index (χ4n) is 1.84. The fraction of sp³-hybridized carbons (Fsp3) is 0.200. The van der Waals surface area contributed by atoms with E-state index in [0.29, 0.717) is 0 Å². The van der Waals surface area contributed by atoms with Crippen molar-refractivity contribution >= 4 is 33.2 Å². The Hall–Kier alpha value is -1.19. The number of hydrogen-bond acceptors (Lipinski definition) is 2. The van der Waals surface area contributed by atoms with Gasteiger partial charge in [0.25, 0.3) is 0 Å². The molecule has 0 amide bonds. The third-order valence-electron chi connectivity index (χ3n) is 2.89. The molecular formula is C15H15BrClNO. The molecule has 19 heavy (non-hydrogen) atoms. The van der Waals surface area contributed by atoms with Crippen LogP contribution in [0.3, 0.4) is 0 Å². The first-order chi connectivity index (χ1) is 9.10. The van der Waals surface area contributed by atoms with E-state index in [1.807, 2.05) is 37.3 Å². The number of benzene rings is 2. The third kappa shape index (κ3) is 3.64. The molecule has 0 atom stereocenters. The van der Waals surface area contributed by atoms with Gasteiger partial charge in [0.05, 0.1) is 11.6 Å². The lowest BCUT2D eigenvalue weighted by Gasteiger charge is -2.11. The van der Waals surface area contributed by atoms with Crippen LogP contribution >= 0.6 is 27.5 Å². The highest BCUT2D eigenvalue weighted by Gasteiger charge is 2.03. The zero-order chi connectivity index (χ0) is 13.8. The highest BCUT2D eigenvalue weighted by Crippen LogP contribution is 2.26. The van der Waals surface area contributed by atoms with Crippen molar-refractivity contribution in [2.24, 2.45) is 0 Å². The molecular weight excluding hydrogens is 326 g/mol. The van der Waals surface area contributed by atoms with E-state index in [9.17, 15) is 0 Å². The van der Waals surface area contributed by atoms with Gasteiger partial charge in [0, 0.05) is 17.3 Å². The maximum atomic E-state index is 5.94. The number of halogens is 2. The van der Waals surface area contributed by atoms with Gasteiger partial charge >= 0.3 is 0 Å². The molecule has 0 bridgehead atoms. The third-order valence-corrected chi connectivity index (χ3v) is 3.74. The van der Waals surface area contributed by atoms with Gasteiger partial charge < -0.3 is 10.1 Å². The molecule has 0 radical (unpaired) electrons. The van der Waals surface area contributed by atoms with E-state index in [0.717, 1.165) is 33.0 Å². The van der Waals surface area contributed by atoms with Gasteiger partial charge in [-0.2, -0.15) is 0 Å². The average Bonchev–Trinajstić information content (AvgIpc) is 2.38. The molecule has 2 aromatic carbocycles. The van der Waals surface area contributed by atoms with Crippen LogP contribution in [-0.4, -0.2) is 7.11 Å². The number of anilines is 1. The van der Waals surface area contributed by atoms with Gasteiger partial charge in [0.15, 0.2) is 0 Å². The quantitative estimate of drug-likeness (QED) is 0.842. The SMILES string of the molecule is COc1ccc(CNc2ccc(Cl)cc2C)cc1Br. The number of ether oxygens (including phenoxy) is 1. The van der Waals surface area contributed by atoms with E-state index in [2.05, 4.69) is 27.3 Å². The van der Waals surface area contributed by atoms with E-state index in [1.54, 1.807) is 7.11 Å². The predicted octanol–water partition coefficient (Wildman–Crippen LogP) is 5.03. The summed E-state index contributed by atoms with van der Waals surface area (Å²) < 4.78 is 6.17. The van der Waals surface area contributed by atoms with E-state index >= 15 is 0 Å². The monoisotopic (exact) mass is 339 g/mol. The van der Waals surface area contributed by atoms with Crippen molar-refractivity contribution in [3.8, 4) is 5.75 Å². The van der Waals surface area contributed by atoms with E-state index in [1.165, 1.54) is 5.56 Å². The molecule has 2 aromatic rings. The minimum atomic E-state index is 0.755. The molecule has 0 aliphatic rings. The summed E-state index contributed by atoms with van der Waals surface area (Å²) in [6, 6.07) is 11.9. The molecule has 0 heterocycles. The van der Waals surface area contributed by atoms with Gasteiger partial charge in [0.1, 0.15) is 5.75 Å². The van der Waals surface area contributed by atoms with Crippen LogP contribution in [-0.2, 0) is 6.54 Å². The summed E-state index contributed by atoms with van der Waals surface area (Å²) in [7, 11) is 1.66. The Morgan fingerprint density at radius 3 is 2.63 bits per heavy atom. The van der Waals surface area contributed by atoms with Gasteiger partial charge in [-0.15, -0.1) is 0 Å². The highest BCUT2D eigenvalue weighted by atomic mass is 79.9. The van der Waals surface area contributed by atoms with Gasteiger partial charge in [-0.25, -0.2) is 0 Å². The van der Waals surface area contributed by atoms with Crippen LogP contribution in [0.4, 0.5) is 5.69 Å². The molecule has 4 heteroatoms. The minimum absolute atomic E-state index is 0.755. The van der Waals surface area contributed by atoms with Crippen molar-refractivity contribution < 1.29 is 4.74 Å². The Balaban J connectivity index is 2.08. The number of rotatable bonds is 4. The average molecular weight is 341 g/mol. The molecule has 0 aromatic heterocycles. The standard InChI is InChI=1S/C15H15BrClNO/c1-10-7-12(17)4-5-14(10)18-9-11-3-6-15(19-2)13(16)8-11/h3-8,18H,9H2,1-2H3. The summed E-state index contributed by atoms with van der Waals surface area (Å²) in [5, 5.41) is 4.16. The first-order valence-corrected chi connectivity index (χ1v) is 7.09. The lowest BCUT2D eigenvalue weighted by Crippen LogP contribution is -2.01. The zero-order valence-corrected chi connectivity index (χ0v) is 13.2. The van der Waals surface area contributed by atoms with Gasteiger partial charge in [-0.3, -0.25) is 0 Å². The topological polar surface area (TPSA) is 21.3 Å². The summed E-state index contributed by atoms with van der Waals surface area (Å²) in [4.78, 5) is 0. The van der Waals surface area contributed by atoms with Crippen molar-refractivity contribution in [1.29, 1.82) is 0 Å². The molecule has 2 nitrogen and oxygen atoms in total. The summed E-state index contributed by atoms with van der Waals surface area (Å²) in [6.45, 7) is 2.79. The Morgan fingerprint density at radius 1 is 1.21 bits per heavy atom. The second kappa shape index (κ2) is 6.31. The van der Waals surface area contributed by atoms with Crippen molar-refractivity contribution in [2.75, 3.05) is 12.4 Å². The van der Waals surface area contributed by atoms with Crippen LogP contribution in [0.1, 0.15) is 11.1 Å². The summed E-state index contributed by atoms with van der Waals surface area (Å²) in [5.41, 5.74) is 3.42. The minimum Gasteiger partial charge on any atom is -0.496 e. The van der Waals surface area contributed by atoms with Crippen LogP contribution < -0.4 is 10.1 Å². The predicted molar refractivity (Wildman–Crippen MR) is 84.2 cm³/mol. The van der Waals surface area contributed by atoms with Crippen molar-refractivity contribution in [3.05, 3.63) is 57.0 Å². The normalized spacial score (nSPS) is 10.3. The zero-order valence-electron chi connectivity index (χ0n) is 10.8. The van der Waals surface area contributed by atoms with Crippen LogP contribution in [0.25, 0.3) is 0 Å². The Kier molecular flexibility index (Phi) is 4.72. The molecule has 100 valence electrons. The van der Waals surface area contributed by atoms with Crippen LogP contribution in [0.2, 0.25) is 5.02 Å².